The average Bonchev–Trinajstić information content (AvgIpc) is 2.35. The Bertz CT molecular complexity index is 376. The van der Waals surface area contributed by atoms with Crippen LogP contribution in [-0.2, 0) is 6.42 Å². The molecule has 17 heavy (non-hydrogen) atoms. The van der Waals surface area contributed by atoms with Crippen LogP contribution in [-0.4, -0.2) is 37.7 Å². The quantitative estimate of drug-likeness (QED) is 0.799. The number of likely N-dealkylation sites (N-methyl/N-ethyl adjacent to an activating group) is 1. The van der Waals surface area contributed by atoms with Gasteiger partial charge in [-0.3, -0.25) is 0 Å². The van der Waals surface area contributed by atoms with E-state index in [1.807, 2.05) is 6.07 Å². The molecule has 1 aliphatic rings. The number of benzene rings is 1. The molecule has 3 nitrogen and oxygen atoms in total. The van der Waals surface area contributed by atoms with Crippen molar-refractivity contribution in [1.82, 2.24) is 4.90 Å². The normalized spacial score (nSPS) is 14.4. The Kier molecular flexibility index (Phi) is 3.89. The Morgan fingerprint density at radius 2 is 1.88 bits per heavy atom. The second-order valence-electron chi connectivity index (χ2n) is 4.80. The molecule has 0 unspecified atom stereocenters. The molecule has 0 N–H and O–H groups in total. The summed E-state index contributed by atoms with van der Waals surface area (Å²) in [6.45, 7) is 6.80. The van der Waals surface area contributed by atoms with Gasteiger partial charge in [-0.25, -0.2) is 0 Å². The molecular formula is C14H21NO2. The Balaban J connectivity index is 1.97. The number of hydrogen-bond donors (Lipinski definition) is 0. The van der Waals surface area contributed by atoms with Crippen molar-refractivity contribution in [2.24, 2.45) is 0 Å². The van der Waals surface area contributed by atoms with E-state index in [4.69, 9.17) is 9.47 Å². The summed E-state index contributed by atoms with van der Waals surface area (Å²) in [5.74, 6) is 1.76. The number of nitrogens with zero attached hydrogens (tertiary/aromatic N) is 1. The van der Waals surface area contributed by atoms with E-state index >= 15 is 0 Å². The molecular weight excluding hydrogens is 214 g/mol. The lowest BCUT2D eigenvalue weighted by Gasteiger charge is -2.22. The predicted octanol–water partition coefficient (Wildman–Crippen LogP) is 2.34. The van der Waals surface area contributed by atoms with Gasteiger partial charge >= 0.3 is 0 Å². The lowest BCUT2D eigenvalue weighted by Crippen LogP contribution is -2.28. The summed E-state index contributed by atoms with van der Waals surface area (Å²) >= 11 is 0. The molecule has 0 aromatic heterocycles. The van der Waals surface area contributed by atoms with Crippen LogP contribution < -0.4 is 9.47 Å². The van der Waals surface area contributed by atoms with Gasteiger partial charge in [0, 0.05) is 12.6 Å². The zero-order valence-corrected chi connectivity index (χ0v) is 10.9. The molecule has 2 rings (SSSR count). The number of ether oxygens (including phenoxy) is 2. The fraction of sp³-hybridized carbons (Fsp3) is 0.571. The first-order valence-electron chi connectivity index (χ1n) is 6.25. The van der Waals surface area contributed by atoms with Crippen LogP contribution in [0.5, 0.6) is 11.5 Å². The lowest BCUT2D eigenvalue weighted by atomic mass is 10.1. The van der Waals surface area contributed by atoms with Gasteiger partial charge in [0.25, 0.3) is 0 Å². The minimum Gasteiger partial charge on any atom is -0.486 e. The van der Waals surface area contributed by atoms with E-state index in [0.29, 0.717) is 19.3 Å². The van der Waals surface area contributed by atoms with Crippen LogP contribution in [0.25, 0.3) is 0 Å². The fourth-order valence-corrected chi connectivity index (χ4v) is 1.81. The van der Waals surface area contributed by atoms with Crippen LogP contribution in [0.2, 0.25) is 0 Å². The van der Waals surface area contributed by atoms with Gasteiger partial charge < -0.3 is 14.4 Å². The van der Waals surface area contributed by atoms with Gasteiger partial charge in [0.2, 0.25) is 0 Å². The molecule has 1 aromatic rings. The maximum Gasteiger partial charge on any atom is 0.161 e. The van der Waals surface area contributed by atoms with Crippen LogP contribution >= 0.6 is 0 Å². The van der Waals surface area contributed by atoms with E-state index in [9.17, 15) is 0 Å². The Morgan fingerprint density at radius 3 is 2.59 bits per heavy atom. The zero-order valence-electron chi connectivity index (χ0n) is 10.9. The third kappa shape index (κ3) is 3.13. The zero-order chi connectivity index (χ0) is 12.3. The fourth-order valence-electron chi connectivity index (χ4n) is 1.81. The highest BCUT2D eigenvalue weighted by Crippen LogP contribution is 2.30. The van der Waals surface area contributed by atoms with Gasteiger partial charge in [0.05, 0.1) is 0 Å². The van der Waals surface area contributed by atoms with Gasteiger partial charge in [0.15, 0.2) is 11.5 Å². The van der Waals surface area contributed by atoms with Crippen molar-refractivity contribution in [3.05, 3.63) is 23.8 Å². The van der Waals surface area contributed by atoms with E-state index in [2.05, 4.69) is 37.9 Å². The molecule has 0 fully saturated rings. The largest absolute Gasteiger partial charge is 0.486 e. The van der Waals surface area contributed by atoms with Crippen molar-refractivity contribution in [3.63, 3.8) is 0 Å². The van der Waals surface area contributed by atoms with Gasteiger partial charge in [-0.1, -0.05) is 6.07 Å². The van der Waals surface area contributed by atoms with Crippen molar-refractivity contribution in [2.45, 2.75) is 26.3 Å². The predicted molar refractivity (Wildman–Crippen MR) is 68.9 cm³/mol. The van der Waals surface area contributed by atoms with Gasteiger partial charge in [-0.15, -0.1) is 0 Å². The van der Waals surface area contributed by atoms with Crippen LogP contribution in [0.1, 0.15) is 19.4 Å². The molecule has 0 aliphatic carbocycles. The Morgan fingerprint density at radius 1 is 1.18 bits per heavy atom. The van der Waals surface area contributed by atoms with Crippen molar-refractivity contribution in [1.29, 1.82) is 0 Å². The maximum absolute atomic E-state index is 5.58. The van der Waals surface area contributed by atoms with E-state index < -0.39 is 0 Å². The van der Waals surface area contributed by atoms with Crippen molar-refractivity contribution >= 4 is 0 Å². The monoisotopic (exact) mass is 235 g/mol. The summed E-state index contributed by atoms with van der Waals surface area (Å²) in [6, 6.07) is 6.83. The number of fused-ring (bicyclic) bond motifs is 1. The SMILES string of the molecule is CC(C)N(C)CCc1ccc2c(c1)OCCO2. The molecule has 3 heteroatoms. The van der Waals surface area contributed by atoms with E-state index in [-0.39, 0.29) is 0 Å². The molecule has 0 saturated carbocycles. The first-order chi connectivity index (χ1) is 8.16. The molecule has 1 aromatic carbocycles. The standard InChI is InChI=1S/C14H21NO2/c1-11(2)15(3)7-6-12-4-5-13-14(10-12)17-9-8-16-13/h4-5,10-11H,6-9H2,1-3H3. The minimum atomic E-state index is 0.590. The molecule has 0 radical (unpaired) electrons. The second-order valence-corrected chi connectivity index (χ2v) is 4.80. The minimum absolute atomic E-state index is 0.590. The molecule has 0 atom stereocenters. The molecule has 0 amide bonds. The van der Waals surface area contributed by atoms with Crippen molar-refractivity contribution in [2.75, 3.05) is 26.8 Å². The highest BCUT2D eigenvalue weighted by Gasteiger charge is 2.12. The summed E-state index contributed by atoms with van der Waals surface area (Å²) in [5, 5.41) is 0. The van der Waals surface area contributed by atoms with E-state index in [0.717, 1.165) is 24.5 Å². The third-order valence-corrected chi connectivity index (χ3v) is 3.24. The van der Waals surface area contributed by atoms with Crippen LogP contribution in [0.4, 0.5) is 0 Å². The molecule has 0 bridgehead atoms. The lowest BCUT2D eigenvalue weighted by molar-refractivity contribution is 0.171. The Hall–Kier alpha value is -1.22. The summed E-state index contributed by atoms with van der Waals surface area (Å²) in [6.07, 6.45) is 1.05. The van der Waals surface area contributed by atoms with Gasteiger partial charge in [-0.05, 0) is 45.0 Å². The second kappa shape index (κ2) is 5.41. The van der Waals surface area contributed by atoms with Gasteiger partial charge in [0.1, 0.15) is 13.2 Å². The van der Waals surface area contributed by atoms with Crippen molar-refractivity contribution < 1.29 is 9.47 Å². The van der Waals surface area contributed by atoms with Gasteiger partial charge in [-0.2, -0.15) is 0 Å². The van der Waals surface area contributed by atoms with E-state index in [1.165, 1.54) is 5.56 Å². The summed E-state index contributed by atoms with van der Waals surface area (Å²) < 4.78 is 11.1. The van der Waals surface area contributed by atoms with E-state index in [1.54, 1.807) is 0 Å². The summed E-state index contributed by atoms with van der Waals surface area (Å²) in [4.78, 5) is 2.34. The number of hydrogen-bond acceptors (Lipinski definition) is 3. The highest BCUT2D eigenvalue weighted by molar-refractivity contribution is 5.43. The topological polar surface area (TPSA) is 21.7 Å². The van der Waals surface area contributed by atoms with Crippen LogP contribution in [0.3, 0.4) is 0 Å². The highest BCUT2D eigenvalue weighted by atomic mass is 16.6. The van der Waals surface area contributed by atoms with Crippen LogP contribution in [0.15, 0.2) is 18.2 Å². The van der Waals surface area contributed by atoms with Crippen molar-refractivity contribution in [3.8, 4) is 11.5 Å². The average molecular weight is 235 g/mol. The maximum atomic E-state index is 5.58. The Labute approximate surface area is 103 Å². The summed E-state index contributed by atoms with van der Waals surface area (Å²) in [7, 11) is 2.16. The number of rotatable bonds is 4. The summed E-state index contributed by atoms with van der Waals surface area (Å²) in [5.41, 5.74) is 1.31. The third-order valence-electron chi connectivity index (χ3n) is 3.24. The first kappa shape index (κ1) is 12.2. The first-order valence-corrected chi connectivity index (χ1v) is 6.25. The molecule has 0 spiro atoms. The smallest absolute Gasteiger partial charge is 0.161 e. The molecule has 0 saturated heterocycles. The molecule has 94 valence electrons. The van der Waals surface area contributed by atoms with Crippen LogP contribution in [0, 0.1) is 0 Å². The molecule has 1 heterocycles. The molecule has 1 aliphatic heterocycles.